The molecule has 0 aromatic carbocycles. The standard InChI is InChI=1S/C23H33NO6/c1-20-6-3-17-18(23(20,28)9-5-16(20)14-10-19(26)30-12-14)4-8-22(27)11-15(25)2-7-21(17,22)13-24-29/h12-13,15-18,25,27-29H,2-11H2,1H3/b24-13+/t15-,16+,17-,18+,20+,21-,22+,23+/m0/s1. The van der Waals surface area contributed by atoms with Gasteiger partial charge in [0.1, 0.15) is 0 Å². The van der Waals surface area contributed by atoms with E-state index in [0.717, 1.165) is 24.8 Å². The van der Waals surface area contributed by atoms with E-state index in [9.17, 15) is 25.3 Å². The lowest BCUT2D eigenvalue weighted by molar-refractivity contribution is -0.237. The highest BCUT2D eigenvalue weighted by molar-refractivity contribution is 5.76. The number of oxime groups is 1. The van der Waals surface area contributed by atoms with E-state index >= 15 is 0 Å². The third-order valence-electron chi connectivity index (χ3n) is 9.93. The van der Waals surface area contributed by atoms with Crippen LogP contribution in [0.5, 0.6) is 0 Å². The van der Waals surface area contributed by atoms with Crippen LogP contribution in [0.2, 0.25) is 0 Å². The van der Waals surface area contributed by atoms with Gasteiger partial charge in [0.15, 0.2) is 0 Å². The summed E-state index contributed by atoms with van der Waals surface area (Å²) in [5.41, 5.74) is -2.11. The summed E-state index contributed by atoms with van der Waals surface area (Å²) >= 11 is 0. The van der Waals surface area contributed by atoms with E-state index in [1.54, 1.807) is 6.26 Å². The predicted octanol–water partition coefficient (Wildman–Crippen LogP) is 2.51. The SMILES string of the molecule is C[C@]12CC[C@H]3[C@@H](CC[C@@]4(O)C[C@@H](O)CC[C@]34/C=N/O)[C@]1(O)CC[C@@H]2C1=COC(=O)C1. The Bertz CT molecular complexity index is 812. The lowest BCUT2D eigenvalue weighted by Crippen LogP contribution is -2.68. The first-order valence-electron chi connectivity index (χ1n) is 11.4. The number of hydrogen-bond acceptors (Lipinski definition) is 7. The zero-order valence-corrected chi connectivity index (χ0v) is 17.6. The number of ether oxygens (including phenoxy) is 1. The average Bonchev–Trinajstić information content (AvgIpc) is 3.23. The zero-order chi connectivity index (χ0) is 21.4. The van der Waals surface area contributed by atoms with Gasteiger partial charge in [-0.15, -0.1) is 5.16 Å². The summed E-state index contributed by atoms with van der Waals surface area (Å²) in [6.07, 6.45) is 8.50. The van der Waals surface area contributed by atoms with Crippen molar-refractivity contribution in [2.75, 3.05) is 0 Å². The van der Waals surface area contributed by atoms with E-state index in [1.807, 2.05) is 0 Å². The Morgan fingerprint density at radius 1 is 1.10 bits per heavy atom. The third kappa shape index (κ3) is 2.43. The Morgan fingerprint density at radius 3 is 2.57 bits per heavy atom. The molecule has 5 aliphatic rings. The maximum Gasteiger partial charge on any atom is 0.314 e. The molecule has 1 aliphatic heterocycles. The van der Waals surface area contributed by atoms with Gasteiger partial charge in [-0.05, 0) is 74.7 Å². The maximum atomic E-state index is 12.2. The number of carbonyl (C=O) groups excluding carboxylic acids is 1. The van der Waals surface area contributed by atoms with E-state index in [2.05, 4.69) is 12.1 Å². The van der Waals surface area contributed by atoms with Gasteiger partial charge in [0.2, 0.25) is 0 Å². The highest BCUT2D eigenvalue weighted by Crippen LogP contribution is 2.70. The molecular weight excluding hydrogens is 386 g/mol. The topological polar surface area (TPSA) is 120 Å². The molecule has 1 heterocycles. The fourth-order valence-corrected chi connectivity index (χ4v) is 8.47. The Kier molecular flexibility index (Phi) is 4.45. The van der Waals surface area contributed by atoms with Crippen molar-refractivity contribution < 1.29 is 30.1 Å². The number of rotatable bonds is 2. The second-order valence-electron chi connectivity index (χ2n) is 10.8. The number of hydrogen-bond donors (Lipinski definition) is 4. The highest BCUT2D eigenvalue weighted by Gasteiger charge is 2.71. The molecule has 4 aliphatic carbocycles. The fraction of sp³-hybridized carbons (Fsp3) is 0.826. The van der Waals surface area contributed by atoms with Crippen molar-refractivity contribution in [2.24, 2.45) is 33.7 Å². The minimum absolute atomic E-state index is 0.00749. The van der Waals surface area contributed by atoms with Crippen LogP contribution in [-0.2, 0) is 9.53 Å². The summed E-state index contributed by atoms with van der Waals surface area (Å²) in [7, 11) is 0. The molecule has 0 bridgehead atoms. The molecule has 166 valence electrons. The van der Waals surface area contributed by atoms with Crippen LogP contribution in [0.3, 0.4) is 0 Å². The molecule has 0 aromatic rings. The molecule has 0 spiro atoms. The molecule has 5 rings (SSSR count). The molecule has 7 heteroatoms. The summed E-state index contributed by atoms with van der Waals surface area (Å²) in [6.45, 7) is 2.16. The maximum absolute atomic E-state index is 12.2. The van der Waals surface area contributed by atoms with Crippen LogP contribution >= 0.6 is 0 Å². The summed E-state index contributed by atoms with van der Waals surface area (Å²) in [6, 6.07) is 0. The number of aliphatic hydroxyl groups excluding tert-OH is 1. The minimum Gasteiger partial charge on any atom is -0.434 e. The molecule has 0 unspecified atom stereocenters. The van der Waals surface area contributed by atoms with Crippen molar-refractivity contribution >= 4 is 12.2 Å². The lowest BCUT2D eigenvalue weighted by atomic mass is 9.41. The number of nitrogens with zero attached hydrogens (tertiary/aromatic N) is 1. The van der Waals surface area contributed by atoms with Crippen LogP contribution < -0.4 is 0 Å². The van der Waals surface area contributed by atoms with Gasteiger partial charge in [0.05, 0.1) is 36.2 Å². The largest absolute Gasteiger partial charge is 0.434 e. The molecule has 0 aromatic heterocycles. The normalized spacial score (nSPS) is 53.1. The summed E-state index contributed by atoms with van der Waals surface area (Å²) < 4.78 is 5.10. The Hall–Kier alpha value is -1.44. The van der Waals surface area contributed by atoms with Gasteiger partial charge >= 0.3 is 5.97 Å². The number of esters is 1. The van der Waals surface area contributed by atoms with Crippen LogP contribution in [-0.4, -0.2) is 50.0 Å². The average molecular weight is 420 g/mol. The fourth-order valence-electron chi connectivity index (χ4n) is 8.47. The van der Waals surface area contributed by atoms with Gasteiger partial charge in [0, 0.05) is 17.3 Å². The number of fused-ring (bicyclic) bond motifs is 5. The Balaban J connectivity index is 1.52. The van der Waals surface area contributed by atoms with Gasteiger partial charge in [0.25, 0.3) is 0 Å². The molecule has 30 heavy (non-hydrogen) atoms. The van der Waals surface area contributed by atoms with Gasteiger partial charge in [-0.1, -0.05) is 6.92 Å². The van der Waals surface area contributed by atoms with Gasteiger partial charge in [-0.25, -0.2) is 0 Å². The Morgan fingerprint density at radius 2 is 1.87 bits per heavy atom. The Labute approximate surface area is 176 Å². The summed E-state index contributed by atoms with van der Waals surface area (Å²) in [4.78, 5) is 11.7. The first kappa shape index (κ1) is 20.5. The molecule has 4 N–H and O–H groups in total. The smallest absolute Gasteiger partial charge is 0.314 e. The van der Waals surface area contributed by atoms with E-state index < -0.39 is 22.7 Å². The van der Waals surface area contributed by atoms with E-state index in [1.165, 1.54) is 6.21 Å². The first-order chi connectivity index (χ1) is 14.2. The molecule has 7 nitrogen and oxygen atoms in total. The van der Waals surface area contributed by atoms with Crippen LogP contribution in [0, 0.1) is 28.6 Å². The van der Waals surface area contributed by atoms with E-state index in [0.29, 0.717) is 38.5 Å². The van der Waals surface area contributed by atoms with Crippen molar-refractivity contribution in [3.05, 3.63) is 11.8 Å². The number of aliphatic hydroxyl groups is 3. The number of carbonyl (C=O) groups is 1. The molecule has 4 fully saturated rings. The molecular formula is C23H33NO6. The van der Waals surface area contributed by atoms with Gasteiger partial charge in [-0.3, -0.25) is 4.79 Å². The van der Waals surface area contributed by atoms with Crippen molar-refractivity contribution in [2.45, 2.75) is 88.4 Å². The van der Waals surface area contributed by atoms with E-state index in [-0.39, 0.29) is 35.6 Å². The zero-order valence-electron chi connectivity index (χ0n) is 17.6. The quantitative estimate of drug-likeness (QED) is 0.236. The molecule has 0 saturated heterocycles. The van der Waals surface area contributed by atoms with Crippen LogP contribution in [0.15, 0.2) is 17.0 Å². The lowest BCUT2D eigenvalue weighted by Gasteiger charge is -2.65. The van der Waals surface area contributed by atoms with Crippen molar-refractivity contribution in [1.82, 2.24) is 0 Å². The second kappa shape index (κ2) is 6.53. The predicted molar refractivity (Wildman–Crippen MR) is 108 cm³/mol. The van der Waals surface area contributed by atoms with Crippen molar-refractivity contribution in [3.63, 3.8) is 0 Å². The molecule has 8 atom stereocenters. The highest BCUT2D eigenvalue weighted by atomic mass is 16.5. The van der Waals surface area contributed by atoms with Gasteiger partial charge in [-0.2, -0.15) is 0 Å². The van der Waals surface area contributed by atoms with Crippen LogP contribution in [0.1, 0.15) is 71.1 Å². The van der Waals surface area contributed by atoms with Gasteiger partial charge < -0.3 is 25.3 Å². The first-order valence-corrected chi connectivity index (χ1v) is 11.4. The van der Waals surface area contributed by atoms with Crippen molar-refractivity contribution in [3.8, 4) is 0 Å². The number of cyclic esters (lactones) is 1. The van der Waals surface area contributed by atoms with Crippen LogP contribution in [0.4, 0.5) is 0 Å². The molecule has 4 saturated carbocycles. The second-order valence-corrected chi connectivity index (χ2v) is 10.8. The molecule has 0 amide bonds. The van der Waals surface area contributed by atoms with E-state index in [4.69, 9.17) is 4.74 Å². The summed E-state index contributed by atoms with van der Waals surface area (Å²) in [5.74, 6) is -0.133. The monoisotopic (exact) mass is 419 g/mol. The summed E-state index contributed by atoms with van der Waals surface area (Å²) in [5, 5.41) is 47.0. The minimum atomic E-state index is -1.12. The van der Waals surface area contributed by atoms with Crippen molar-refractivity contribution in [1.29, 1.82) is 0 Å². The molecule has 0 radical (unpaired) electrons. The third-order valence-corrected chi connectivity index (χ3v) is 9.93. The van der Waals surface area contributed by atoms with Crippen LogP contribution in [0.25, 0.3) is 0 Å².